The summed E-state index contributed by atoms with van der Waals surface area (Å²) < 4.78 is 26.3. The molecule has 0 amide bonds. The van der Waals surface area contributed by atoms with Gasteiger partial charge < -0.3 is 10.6 Å². The van der Waals surface area contributed by atoms with E-state index in [2.05, 4.69) is 9.88 Å². The van der Waals surface area contributed by atoms with Crippen molar-refractivity contribution in [3.63, 3.8) is 0 Å². The van der Waals surface area contributed by atoms with E-state index in [-0.39, 0.29) is 6.04 Å². The van der Waals surface area contributed by atoms with Gasteiger partial charge in [0.15, 0.2) is 0 Å². The molecular formula is C15H19F2N3S. The molecule has 2 aromatic rings. The van der Waals surface area contributed by atoms with E-state index < -0.39 is 11.6 Å². The number of rotatable bonds is 6. The Kier molecular flexibility index (Phi) is 5.39. The van der Waals surface area contributed by atoms with E-state index in [1.165, 1.54) is 17.0 Å². The molecule has 0 aliphatic rings. The van der Waals surface area contributed by atoms with E-state index >= 15 is 0 Å². The van der Waals surface area contributed by atoms with Crippen LogP contribution in [-0.4, -0.2) is 23.5 Å². The van der Waals surface area contributed by atoms with Gasteiger partial charge in [-0.1, -0.05) is 0 Å². The van der Waals surface area contributed by atoms with E-state index in [1.807, 2.05) is 19.5 Å². The van der Waals surface area contributed by atoms with Crippen LogP contribution in [0.1, 0.15) is 28.6 Å². The summed E-state index contributed by atoms with van der Waals surface area (Å²) in [5, 5.41) is 0. The van der Waals surface area contributed by atoms with Crippen molar-refractivity contribution in [3.05, 3.63) is 51.5 Å². The molecule has 1 aromatic carbocycles. The summed E-state index contributed by atoms with van der Waals surface area (Å²) in [5.41, 5.74) is 9.39. The summed E-state index contributed by atoms with van der Waals surface area (Å²) in [6.07, 6.45) is 0.636. The molecule has 21 heavy (non-hydrogen) atoms. The first-order valence-electron chi connectivity index (χ1n) is 6.75. The number of aryl methyl sites for hydroxylation is 1. The Morgan fingerprint density at radius 3 is 2.52 bits per heavy atom. The standard InChI is InChI=1S/C15H19F2N3S/c1-10-15(21-9-19-10)8-20(2)4-3-14(18)11-5-12(16)7-13(17)6-11/h5-7,9,14H,3-4,8,18H2,1-2H3. The smallest absolute Gasteiger partial charge is 0.126 e. The average Bonchev–Trinajstić information content (AvgIpc) is 2.80. The van der Waals surface area contributed by atoms with Gasteiger partial charge in [-0.2, -0.15) is 0 Å². The fraction of sp³-hybridized carbons (Fsp3) is 0.400. The van der Waals surface area contributed by atoms with Crippen molar-refractivity contribution in [2.75, 3.05) is 13.6 Å². The van der Waals surface area contributed by atoms with E-state index in [4.69, 9.17) is 5.73 Å². The minimum atomic E-state index is -0.589. The van der Waals surface area contributed by atoms with Crippen LogP contribution in [0.4, 0.5) is 8.78 Å². The molecule has 0 aliphatic carbocycles. The van der Waals surface area contributed by atoms with Crippen LogP contribution in [0, 0.1) is 18.6 Å². The van der Waals surface area contributed by atoms with Crippen molar-refractivity contribution in [1.82, 2.24) is 9.88 Å². The number of nitrogens with zero attached hydrogens (tertiary/aromatic N) is 2. The highest BCUT2D eigenvalue weighted by Crippen LogP contribution is 2.19. The third-order valence-corrected chi connectivity index (χ3v) is 4.31. The second-order valence-corrected chi connectivity index (χ2v) is 6.14. The fourth-order valence-electron chi connectivity index (χ4n) is 2.12. The van der Waals surface area contributed by atoms with Crippen LogP contribution in [0.3, 0.4) is 0 Å². The van der Waals surface area contributed by atoms with E-state index in [0.717, 1.165) is 24.8 Å². The number of hydrogen-bond donors (Lipinski definition) is 1. The molecule has 1 unspecified atom stereocenters. The Bertz CT molecular complexity index is 580. The van der Waals surface area contributed by atoms with Gasteiger partial charge in [-0.05, 0) is 38.1 Å². The number of nitrogens with two attached hydrogens (primary N) is 1. The van der Waals surface area contributed by atoms with Crippen LogP contribution in [0.5, 0.6) is 0 Å². The van der Waals surface area contributed by atoms with Crippen LogP contribution in [-0.2, 0) is 6.54 Å². The van der Waals surface area contributed by atoms with Crippen molar-refractivity contribution >= 4 is 11.3 Å². The van der Waals surface area contributed by atoms with Gasteiger partial charge in [0, 0.05) is 30.1 Å². The highest BCUT2D eigenvalue weighted by molar-refractivity contribution is 7.09. The van der Waals surface area contributed by atoms with Crippen LogP contribution in [0.2, 0.25) is 0 Å². The number of hydrogen-bond acceptors (Lipinski definition) is 4. The second-order valence-electron chi connectivity index (χ2n) is 5.20. The van der Waals surface area contributed by atoms with E-state index in [9.17, 15) is 8.78 Å². The maximum Gasteiger partial charge on any atom is 0.126 e. The second kappa shape index (κ2) is 7.06. The molecule has 0 aliphatic heterocycles. The average molecular weight is 311 g/mol. The summed E-state index contributed by atoms with van der Waals surface area (Å²) in [6, 6.07) is 3.07. The lowest BCUT2D eigenvalue weighted by Crippen LogP contribution is -2.23. The van der Waals surface area contributed by atoms with Crippen molar-refractivity contribution in [3.8, 4) is 0 Å². The summed E-state index contributed by atoms with van der Waals surface area (Å²) >= 11 is 1.63. The number of halogens is 2. The highest BCUT2D eigenvalue weighted by Gasteiger charge is 2.11. The number of benzene rings is 1. The first-order valence-corrected chi connectivity index (χ1v) is 7.62. The molecule has 114 valence electrons. The summed E-state index contributed by atoms with van der Waals surface area (Å²) in [4.78, 5) is 7.58. The molecule has 0 spiro atoms. The first kappa shape index (κ1) is 16.0. The maximum atomic E-state index is 13.2. The molecular weight excluding hydrogens is 292 g/mol. The van der Waals surface area contributed by atoms with Gasteiger partial charge in [0.05, 0.1) is 11.2 Å². The lowest BCUT2D eigenvalue weighted by molar-refractivity contribution is 0.313. The Morgan fingerprint density at radius 1 is 1.29 bits per heavy atom. The molecule has 1 heterocycles. The fourth-order valence-corrected chi connectivity index (χ4v) is 2.97. The zero-order chi connectivity index (χ0) is 15.4. The van der Waals surface area contributed by atoms with Crippen molar-refractivity contribution < 1.29 is 8.78 Å². The monoisotopic (exact) mass is 311 g/mol. The van der Waals surface area contributed by atoms with Crippen molar-refractivity contribution in [2.45, 2.75) is 25.9 Å². The molecule has 3 nitrogen and oxygen atoms in total. The minimum Gasteiger partial charge on any atom is -0.324 e. The van der Waals surface area contributed by atoms with Gasteiger partial charge in [0.1, 0.15) is 11.6 Å². The van der Waals surface area contributed by atoms with Crippen molar-refractivity contribution in [2.24, 2.45) is 5.73 Å². The predicted molar refractivity (Wildman–Crippen MR) is 81.1 cm³/mol. The Hall–Kier alpha value is -1.37. The van der Waals surface area contributed by atoms with Gasteiger partial charge in [-0.3, -0.25) is 0 Å². The zero-order valence-corrected chi connectivity index (χ0v) is 13.0. The van der Waals surface area contributed by atoms with E-state index in [0.29, 0.717) is 12.0 Å². The summed E-state index contributed by atoms with van der Waals surface area (Å²) in [7, 11) is 2.00. The van der Waals surface area contributed by atoms with Gasteiger partial charge in [0.25, 0.3) is 0 Å². The Labute approximate surface area is 127 Å². The first-order chi connectivity index (χ1) is 9.95. The molecule has 2 rings (SSSR count). The topological polar surface area (TPSA) is 42.2 Å². The quantitative estimate of drug-likeness (QED) is 0.890. The van der Waals surface area contributed by atoms with Crippen LogP contribution >= 0.6 is 11.3 Å². The van der Waals surface area contributed by atoms with Gasteiger partial charge >= 0.3 is 0 Å². The van der Waals surface area contributed by atoms with Crippen molar-refractivity contribution in [1.29, 1.82) is 0 Å². The molecule has 1 atom stereocenters. The number of thiazole rings is 1. The normalized spacial score (nSPS) is 12.9. The van der Waals surface area contributed by atoms with Gasteiger partial charge in [-0.15, -0.1) is 11.3 Å². The molecule has 0 bridgehead atoms. The van der Waals surface area contributed by atoms with Gasteiger partial charge in [-0.25, -0.2) is 13.8 Å². The van der Waals surface area contributed by atoms with Crippen LogP contribution in [0.25, 0.3) is 0 Å². The Balaban J connectivity index is 1.88. The molecule has 1 aromatic heterocycles. The predicted octanol–water partition coefficient (Wildman–Crippen LogP) is 3.25. The number of aromatic nitrogens is 1. The molecule has 0 fully saturated rings. The largest absolute Gasteiger partial charge is 0.324 e. The highest BCUT2D eigenvalue weighted by atomic mass is 32.1. The molecule has 0 radical (unpaired) electrons. The van der Waals surface area contributed by atoms with E-state index in [1.54, 1.807) is 11.3 Å². The molecule has 0 saturated heterocycles. The third-order valence-electron chi connectivity index (χ3n) is 3.39. The Morgan fingerprint density at radius 2 is 1.95 bits per heavy atom. The zero-order valence-electron chi connectivity index (χ0n) is 12.1. The third kappa shape index (κ3) is 4.56. The van der Waals surface area contributed by atoms with Crippen LogP contribution in [0.15, 0.2) is 23.7 Å². The summed E-state index contributed by atoms with van der Waals surface area (Å²) in [6.45, 7) is 3.54. The lowest BCUT2D eigenvalue weighted by Gasteiger charge is -2.19. The molecule has 0 saturated carbocycles. The van der Waals surface area contributed by atoms with Gasteiger partial charge in [0.2, 0.25) is 0 Å². The van der Waals surface area contributed by atoms with Crippen LogP contribution < -0.4 is 5.73 Å². The minimum absolute atomic E-state index is 0.375. The maximum absolute atomic E-state index is 13.2. The SMILES string of the molecule is Cc1ncsc1CN(C)CCC(N)c1cc(F)cc(F)c1. The molecule has 6 heteroatoms. The summed E-state index contributed by atoms with van der Waals surface area (Å²) in [5.74, 6) is -1.18. The lowest BCUT2D eigenvalue weighted by atomic mass is 10.0. The molecule has 2 N–H and O–H groups in total.